The average Bonchev–Trinajstić information content (AvgIpc) is 2.91. The number of imide groups is 1. The number of hydrogen-bond acceptors (Lipinski definition) is 4. The highest BCUT2D eigenvalue weighted by atomic mass is 19.1. The summed E-state index contributed by atoms with van der Waals surface area (Å²) in [4.78, 5) is 37.4. The molecule has 3 rings (SSSR count). The highest BCUT2D eigenvalue weighted by Crippen LogP contribution is 2.25. The van der Waals surface area contributed by atoms with Gasteiger partial charge >= 0.3 is 0 Å². The molecule has 2 aromatic carbocycles. The topological polar surface area (TPSA) is 75.7 Å². The number of halogens is 1. The lowest BCUT2D eigenvalue weighted by Crippen LogP contribution is -2.35. The maximum Gasteiger partial charge on any atom is 0.264 e. The number of carbonyl (C=O) groups excluding carboxylic acids is 3. The third-order valence-corrected chi connectivity index (χ3v) is 4.38. The molecular formula is C20H19FN2O4. The van der Waals surface area contributed by atoms with E-state index in [2.05, 4.69) is 5.32 Å². The lowest BCUT2D eigenvalue weighted by Gasteiger charge is -2.13. The first-order chi connectivity index (χ1) is 13.0. The van der Waals surface area contributed by atoms with Crippen LogP contribution in [0.1, 0.15) is 32.7 Å². The van der Waals surface area contributed by atoms with E-state index in [9.17, 15) is 18.8 Å². The van der Waals surface area contributed by atoms with Crippen LogP contribution in [0.25, 0.3) is 0 Å². The number of fused-ring (bicyclic) bond motifs is 1. The van der Waals surface area contributed by atoms with Gasteiger partial charge in [0.1, 0.15) is 11.6 Å². The van der Waals surface area contributed by atoms with Gasteiger partial charge in [0.05, 0.1) is 18.2 Å². The van der Waals surface area contributed by atoms with Crippen molar-refractivity contribution in [3.8, 4) is 5.75 Å². The zero-order valence-corrected chi connectivity index (χ0v) is 14.8. The Bertz CT molecular complexity index is 897. The molecule has 0 spiro atoms. The van der Waals surface area contributed by atoms with Gasteiger partial charge in [-0.05, 0) is 36.2 Å². The summed E-state index contributed by atoms with van der Waals surface area (Å²) in [5.74, 6) is -1.53. The summed E-state index contributed by atoms with van der Waals surface area (Å²) in [6.07, 6.45) is 0.590. The van der Waals surface area contributed by atoms with Crippen molar-refractivity contribution in [1.29, 1.82) is 0 Å². The van der Waals surface area contributed by atoms with Crippen molar-refractivity contribution >= 4 is 17.7 Å². The Kier molecular flexibility index (Phi) is 5.49. The molecule has 1 aliphatic heterocycles. The van der Waals surface area contributed by atoms with Crippen LogP contribution in [0, 0.1) is 5.82 Å². The van der Waals surface area contributed by atoms with Crippen LogP contribution in [-0.2, 0) is 11.2 Å². The molecule has 0 aromatic heterocycles. The van der Waals surface area contributed by atoms with Gasteiger partial charge < -0.3 is 10.1 Å². The SMILES string of the molecule is COc1cccc(CCNC(=O)CCN2C(=O)c3cccc(F)c3C2=O)c1. The minimum atomic E-state index is -0.726. The number of ether oxygens (including phenoxy) is 1. The monoisotopic (exact) mass is 370 g/mol. The van der Waals surface area contributed by atoms with E-state index >= 15 is 0 Å². The molecule has 3 amide bonds. The molecule has 1 N–H and O–H groups in total. The van der Waals surface area contributed by atoms with Gasteiger partial charge in [-0.2, -0.15) is 0 Å². The Labute approximate surface area is 155 Å². The number of rotatable bonds is 7. The Morgan fingerprint density at radius 1 is 1.15 bits per heavy atom. The maximum absolute atomic E-state index is 13.8. The van der Waals surface area contributed by atoms with Crippen LogP contribution in [0.4, 0.5) is 4.39 Å². The van der Waals surface area contributed by atoms with E-state index in [0.717, 1.165) is 22.3 Å². The Balaban J connectivity index is 1.49. The highest BCUT2D eigenvalue weighted by molar-refractivity contribution is 6.21. The second-order valence-corrected chi connectivity index (χ2v) is 6.13. The summed E-state index contributed by atoms with van der Waals surface area (Å²) in [6.45, 7) is 0.333. The minimum absolute atomic E-state index is 0.0365. The summed E-state index contributed by atoms with van der Waals surface area (Å²) in [7, 11) is 1.59. The quantitative estimate of drug-likeness (QED) is 0.758. The standard InChI is InChI=1S/C20H19FN2O4/c1-27-14-5-2-4-13(12-14)8-10-22-17(24)9-11-23-19(25)15-6-3-7-16(21)18(15)20(23)26/h2-7,12H,8-11H2,1H3,(H,22,24). The van der Waals surface area contributed by atoms with E-state index < -0.39 is 17.6 Å². The van der Waals surface area contributed by atoms with E-state index in [0.29, 0.717) is 13.0 Å². The van der Waals surface area contributed by atoms with Crippen LogP contribution in [0.3, 0.4) is 0 Å². The second kappa shape index (κ2) is 7.99. The van der Waals surface area contributed by atoms with Gasteiger partial charge in [-0.25, -0.2) is 4.39 Å². The van der Waals surface area contributed by atoms with Crippen LogP contribution >= 0.6 is 0 Å². The van der Waals surface area contributed by atoms with Gasteiger partial charge in [0.15, 0.2) is 0 Å². The fourth-order valence-corrected chi connectivity index (χ4v) is 2.97. The predicted octanol–water partition coefficient (Wildman–Crippen LogP) is 2.18. The van der Waals surface area contributed by atoms with Crippen molar-refractivity contribution < 1.29 is 23.5 Å². The molecule has 0 unspecified atom stereocenters. The first-order valence-electron chi connectivity index (χ1n) is 8.55. The molecule has 1 aliphatic rings. The van der Waals surface area contributed by atoms with Crippen molar-refractivity contribution in [2.24, 2.45) is 0 Å². The minimum Gasteiger partial charge on any atom is -0.497 e. The zero-order chi connectivity index (χ0) is 19.4. The molecule has 0 saturated carbocycles. The van der Waals surface area contributed by atoms with E-state index in [1.165, 1.54) is 12.1 Å². The average molecular weight is 370 g/mol. The molecular weight excluding hydrogens is 351 g/mol. The number of nitrogens with zero attached hydrogens (tertiary/aromatic N) is 1. The summed E-state index contributed by atoms with van der Waals surface area (Å²) >= 11 is 0. The smallest absolute Gasteiger partial charge is 0.264 e. The number of benzene rings is 2. The Morgan fingerprint density at radius 2 is 1.93 bits per heavy atom. The van der Waals surface area contributed by atoms with Gasteiger partial charge in [-0.15, -0.1) is 0 Å². The number of methoxy groups -OCH3 is 1. The Morgan fingerprint density at radius 3 is 2.67 bits per heavy atom. The predicted molar refractivity (Wildman–Crippen MR) is 96.1 cm³/mol. The van der Waals surface area contributed by atoms with Crippen LogP contribution < -0.4 is 10.1 Å². The Hall–Kier alpha value is -3.22. The largest absolute Gasteiger partial charge is 0.497 e. The van der Waals surface area contributed by atoms with Gasteiger partial charge in [0.25, 0.3) is 11.8 Å². The molecule has 0 saturated heterocycles. The van der Waals surface area contributed by atoms with Gasteiger partial charge in [0.2, 0.25) is 5.91 Å². The second-order valence-electron chi connectivity index (χ2n) is 6.13. The third kappa shape index (κ3) is 3.97. The van der Waals surface area contributed by atoms with Crippen molar-refractivity contribution in [3.63, 3.8) is 0 Å². The number of amides is 3. The highest BCUT2D eigenvalue weighted by Gasteiger charge is 2.37. The van der Waals surface area contributed by atoms with Gasteiger partial charge in [-0.3, -0.25) is 19.3 Å². The molecule has 6 nitrogen and oxygen atoms in total. The fraction of sp³-hybridized carbons (Fsp3) is 0.250. The molecule has 140 valence electrons. The fourth-order valence-electron chi connectivity index (χ4n) is 2.97. The zero-order valence-electron chi connectivity index (χ0n) is 14.8. The van der Waals surface area contributed by atoms with E-state index in [-0.39, 0.29) is 30.0 Å². The molecule has 0 aliphatic carbocycles. The summed E-state index contributed by atoms with van der Waals surface area (Å²) < 4.78 is 18.9. The first-order valence-corrected chi connectivity index (χ1v) is 8.55. The van der Waals surface area contributed by atoms with Crippen molar-refractivity contribution in [3.05, 3.63) is 65.0 Å². The summed E-state index contributed by atoms with van der Waals surface area (Å²) in [5.41, 5.74) is 0.838. The van der Waals surface area contributed by atoms with Crippen molar-refractivity contribution in [2.75, 3.05) is 20.2 Å². The third-order valence-electron chi connectivity index (χ3n) is 4.38. The molecule has 1 heterocycles. The van der Waals surface area contributed by atoms with Crippen LogP contribution in [0.15, 0.2) is 42.5 Å². The molecule has 0 atom stereocenters. The lowest BCUT2D eigenvalue weighted by atomic mass is 10.1. The van der Waals surface area contributed by atoms with Crippen LogP contribution in [-0.4, -0.2) is 42.8 Å². The number of nitrogens with one attached hydrogen (secondary N) is 1. The van der Waals surface area contributed by atoms with Crippen LogP contribution in [0.5, 0.6) is 5.75 Å². The molecule has 0 bridgehead atoms. The van der Waals surface area contributed by atoms with E-state index in [1.54, 1.807) is 7.11 Å². The summed E-state index contributed by atoms with van der Waals surface area (Å²) in [6, 6.07) is 11.5. The number of hydrogen-bond donors (Lipinski definition) is 1. The van der Waals surface area contributed by atoms with Crippen molar-refractivity contribution in [2.45, 2.75) is 12.8 Å². The van der Waals surface area contributed by atoms with Crippen molar-refractivity contribution in [1.82, 2.24) is 10.2 Å². The summed E-state index contributed by atoms with van der Waals surface area (Å²) in [5, 5.41) is 2.75. The number of carbonyl (C=O) groups is 3. The van der Waals surface area contributed by atoms with Gasteiger partial charge in [0, 0.05) is 19.5 Å². The molecule has 27 heavy (non-hydrogen) atoms. The lowest BCUT2D eigenvalue weighted by molar-refractivity contribution is -0.121. The molecule has 0 radical (unpaired) electrons. The molecule has 2 aromatic rings. The van der Waals surface area contributed by atoms with Gasteiger partial charge in [-0.1, -0.05) is 18.2 Å². The van der Waals surface area contributed by atoms with E-state index in [1.807, 2.05) is 24.3 Å². The molecule has 0 fully saturated rings. The first kappa shape index (κ1) is 18.6. The molecule has 7 heteroatoms. The maximum atomic E-state index is 13.8. The van der Waals surface area contributed by atoms with Crippen LogP contribution in [0.2, 0.25) is 0 Å². The van der Waals surface area contributed by atoms with E-state index in [4.69, 9.17) is 4.74 Å². The normalized spacial score (nSPS) is 12.9.